The second kappa shape index (κ2) is 5.18. The Morgan fingerprint density at radius 1 is 1.06 bits per heavy atom. The summed E-state index contributed by atoms with van der Waals surface area (Å²) >= 11 is 20.2. The van der Waals surface area contributed by atoms with E-state index in [-0.39, 0.29) is 0 Å². The molecule has 0 amide bonds. The average Bonchev–Trinajstić information content (AvgIpc) is 2.30. The molecule has 88 valence electrons. The third-order valence-corrected chi connectivity index (χ3v) is 4.09. The Morgan fingerprint density at radius 2 is 1.76 bits per heavy atom. The molecule has 0 fully saturated rings. The van der Waals surface area contributed by atoms with Crippen LogP contribution in [0.4, 0.5) is 5.82 Å². The van der Waals surface area contributed by atoms with Crippen molar-refractivity contribution in [2.45, 2.75) is 0 Å². The van der Waals surface area contributed by atoms with Gasteiger partial charge in [-0.15, -0.1) is 0 Å². The fraction of sp³-hybridized carbons (Fsp3) is 0. The van der Waals surface area contributed by atoms with E-state index < -0.39 is 0 Å². The minimum absolute atomic E-state index is 0.323. The molecule has 0 atom stereocenters. The molecule has 0 aliphatic carbocycles. The van der Waals surface area contributed by atoms with Gasteiger partial charge in [-0.2, -0.15) is 0 Å². The number of rotatable bonds is 1. The first-order valence-electron chi connectivity index (χ1n) is 4.55. The lowest BCUT2D eigenvalue weighted by Gasteiger charge is -2.09. The average molecular weight is 399 g/mol. The number of benzene rings is 1. The van der Waals surface area contributed by atoms with Crippen LogP contribution in [0.5, 0.6) is 0 Å². The molecular weight excluding hydrogens is 393 g/mol. The zero-order valence-electron chi connectivity index (χ0n) is 8.35. The Morgan fingerprint density at radius 3 is 2.47 bits per heavy atom. The molecule has 0 bridgehead atoms. The standard InChI is InChI=1S/C11H6Cl3IN2/c12-8-2-1-6(9(13)10(8)14)7-3-5(15)4-17-11(7)16/h1-4H,(H2,16,17). The number of anilines is 1. The Labute approximate surface area is 127 Å². The second-order valence-corrected chi connectivity index (χ2v) is 5.72. The fourth-order valence-electron chi connectivity index (χ4n) is 1.40. The van der Waals surface area contributed by atoms with Crippen LogP contribution in [0.25, 0.3) is 11.1 Å². The van der Waals surface area contributed by atoms with Gasteiger partial charge in [0.2, 0.25) is 0 Å². The van der Waals surface area contributed by atoms with Crippen molar-refractivity contribution in [3.05, 3.63) is 43.0 Å². The molecular formula is C11H6Cl3IN2. The van der Waals surface area contributed by atoms with Gasteiger partial charge < -0.3 is 5.73 Å². The van der Waals surface area contributed by atoms with Gasteiger partial charge in [0.05, 0.1) is 15.1 Å². The van der Waals surface area contributed by atoms with E-state index in [1.54, 1.807) is 18.3 Å². The predicted molar refractivity (Wildman–Crippen MR) is 81.8 cm³/mol. The molecule has 1 aromatic heterocycles. The number of nitrogens with zero attached hydrogens (tertiary/aromatic N) is 1. The molecule has 0 saturated heterocycles. The van der Waals surface area contributed by atoms with Crippen molar-refractivity contribution >= 4 is 63.2 Å². The number of hydrogen-bond donors (Lipinski definition) is 1. The Hall–Kier alpha value is -0.230. The summed E-state index contributed by atoms with van der Waals surface area (Å²) in [6.45, 7) is 0. The summed E-state index contributed by atoms with van der Waals surface area (Å²) < 4.78 is 0.967. The zero-order chi connectivity index (χ0) is 12.6. The van der Waals surface area contributed by atoms with E-state index in [4.69, 9.17) is 40.5 Å². The number of nitrogen functional groups attached to an aromatic ring is 1. The van der Waals surface area contributed by atoms with Gasteiger partial charge in [-0.25, -0.2) is 4.98 Å². The molecule has 17 heavy (non-hydrogen) atoms. The number of aromatic nitrogens is 1. The van der Waals surface area contributed by atoms with Crippen LogP contribution in [0.1, 0.15) is 0 Å². The summed E-state index contributed by atoms with van der Waals surface area (Å²) in [5.74, 6) is 0.408. The smallest absolute Gasteiger partial charge is 0.131 e. The minimum Gasteiger partial charge on any atom is -0.383 e. The first-order valence-corrected chi connectivity index (χ1v) is 6.77. The second-order valence-electron chi connectivity index (χ2n) is 3.31. The van der Waals surface area contributed by atoms with E-state index in [1.165, 1.54) is 0 Å². The molecule has 0 radical (unpaired) electrons. The van der Waals surface area contributed by atoms with Gasteiger partial charge >= 0.3 is 0 Å². The van der Waals surface area contributed by atoms with Crippen molar-refractivity contribution in [3.8, 4) is 11.1 Å². The van der Waals surface area contributed by atoms with Crippen LogP contribution in [0.3, 0.4) is 0 Å². The Kier molecular flexibility index (Phi) is 4.02. The lowest BCUT2D eigenvalue weighted by atomic mass is 10.1. The molecule has 0 aliphatic rings. The van der Waals surface area contributed by atoms with Crippen molar-refractivity contribution in [2.75, 3.05) is 5.73 Å². The summed E-state index contributed by atoms with van der Waals surface area (Å²) in [6.07, 6.45) is 1.69. The van der Waals surface area contributed by atoms with Gasteiger partial charge in [0.1, 0.15) is 5.82 Å². The zero-order valence-corrected chi connectivity index (χ0v) is 12.8. The van der Waals surface area contributed by atoms with Crippen LogP contribution in [0.15, 0.2) is 24.4 Å². The molecule has 2 aromatic rings. The molecule has 2 nitrogen and oxygen atoms in total. The van der Waals surface area contributed by atoms with Crippen LogP contribution in [-0.2, 0) is 0 Å². The molecule has 2 rings (SSSR count). The quantitative estimate of drug-likeness (QED) is 0.547. The van der Waals surface area contributed by atoms with E-state index in [0.717, 1.165) is 14.7 Å². The lowest BCUT2D eigenvalue weighted by molar-refractivity contribution is 1.32. The lowest BCUT2D eigenvalue weighted by Crippen LogP contribution is -1.95. The maximum atomic E-state index is 6.16. The van der Waals surface area contributed by atoms with Gasteiger partial charge in [-0.1, -0.05) is 40.9 Å². The van der Waals surface area contributed by atoms with E-state index >= 15 is 0 Å². The van der Waals surface area contributed by atoms with Crippen molar-refractivity contribution in [1.29, 1.82) is 0 Å². The SMILES string of the molecule is Nc1ncc(I)cc1-c1ccc(Cl)c(Cl)c1Cl. The maximum absolute atomic E-state index is 6.16. The van der Waals surface area contributed by atoms with Gasteiger partial charge in [0.15, 0.2) is 0 Å². The van der Waals surface area contributed by atoms with Crippen LogP contribution in [0.2, 0.25) is 15.1 Å². The number of hydrogen-bond acceptors (Lipinski definition) is 2. The van der Waals surface area contributed by atoms with Gasteiger partial charge in [0.25, 0.3) is 0 Å². The van der Waals surface area contributed by atoms with E-state index in [9.17, 15) is 0 Å². The topological polar surface area (TPSA) is 38.9 Å². The Balaban J connectivity index is 2.69. The summed E-state index contributed by atoms with van der Waals surface area (Å²) in [5.41, 5.74) is 7.31. The third-order valence-electron chi connectivity index (χ3n) is 2.21. The molecule has 2 N–H and O–H groups in total. The monoisotopic (exact) mass is 398 g/mol. The van der Waals surface area contributed by atoms with Crippen LogP contribution < -0.4 is 5.73 Å². The number of pyridine rings is 1. The summed E-state index contributed by atoms with van der Waals surface area (Å²) in [4.78, 5) is 4.08. The van der Waals surface area contributed by atoms with E-state index in [2.05, 4.69) is 27.6 Å². The minimum atomic E-state index is 0.323. The highest BCUT2D eigenvalue weighted by molar-refractivity contribution is 14.1. The van der Waals surface area contributed by atoms with Gasteiger partial charge in [-0.05, 0) is 34.7 Å². The van der Waals surface area contributed by atoms with Gasteiger partial charge in [0, 0.05) is 20.9 Å². The molecule has 1 aromatic carbocycles. The maximum Gasteiger partial charge on any atom is 0.131 e. The highest BCUT2D eigenvalue weighted by Crippen LogP contribution is 2.39. The molecule has 0 unspecified atom stereocenters. The molecule has 1 heterocycles. The third kappa shape index (κ3) is 2.62. The predicted octanol–water partition coefficient (Wildman–Crippen LogP) is 4.90. The van der Waals surface area contributed by atoms with Crippen LogP contribution in [0, 0.1) is 3.57 Å². The van der Waals surface area contributed by atoms with Crippen LogP contribution >= 0.6 is 57.4 Å². The summed E-state index contributed by atoms with van der Waals surface area (Å²) in [6, 6.07) is 5.36. The molecule has 6 heteroatoms. The molecule has 0 saturated carbocycles. The highest BCUT2D eigenvalue weighted by Gasteiger charge is 2.13. The first-order chi connectivity index (χ1) is 8.00. The fourth-order valence-corrected chi connectivity index (χ4v) is 2.49. The summed E-state index contributed by atoms with van der Waals surface area (Å²) in [5, 5.41) is 1.12. The summed E-state index contributed by atoms with van der Waals surface area (Å²) in [7, 11) is 0. The van der Waals surface area contributed by atoms with Gasteiger partial charge in [-0.3, -0.25) is 0 Å². The first kappa shape index (κ1) is 13.2. The normalized spacial score (nSPS) is 10.6. The molecule has 0 aliphatic heterocycles. The van der Waals surface area contributed by atoms with E-state index in [1.807, 2.05) is 6.07 Å². The van der Waals surface area contributed by atoms with Crippen LogP contribution in [-0.4, -0.2) is 4.98 Å². The largest absolute Gasteiger partial charge is 0.383 e. The van der Waals surface area contributed by atoms with Crippen molar-refractivity contribution < 1.29 is 0 Å². The van der Waals surface area contributed by atoms with E-state index in [0.29, 0.717) is 20.9 Å². The van der Waals surface area contributed by atoms with Crippen molar-refractivity contribution in [2.24, 2.45) is 0 Å². The molecule has 0 spiro atoms. The number of nitrogens with two attached hydrogens (primary N) is 1. The van der Waals surface area contributed by atoms with Crippen molar-refractivity contribution in [1.82, 2.24) is 4.98 Å². The number of halogens is 4. The van der Waals surface area contributed by atoms with Crippen molar-refractivity contribution in [3.63, 3.8) is 0 Å². The Bertz CT molecular complexity index is 587. The highest BCUT2D eigenvalue weighted by atomic mass is 127.